The number of phenolic OH excluding ortho intramolecular Hbond substituents is 1. The molecule has 0 aromatic heterocycles. The van der Waals surface area contributed by atoms with Gasteiger partial charge in [0.25, 0.3) is 0 Å². The molecule has 0 saturated carbocycles. The summed E-state index contributed by atoms with van der Waals surface area (Å²) in [5.74, 6) is 0.378. The molecule has 1 saturated heterocycles. The first-order valence-electron chi connectivity index (χ1n) is 6.44. The maximum atomic E-state index is 11.1. The molecule has 1 unspecified atom stereocenters. The third-order valence-corrected chi connectivity index (χ3v) is 3.56. The van der Waals surface area contributed by atoms with Crippen LogP contribution in [0.15, 0.2) is 36.4 Å². The third-order valence-electron chi connectivity index (χ3n) is 3.56. The lowest BCUT2D eigenvalue weighted by Gasteiger charge is -2.13. The molecule has 1 aliphatic rings. The van der Waals surface area contributed by atoms with E-state index >= 15 is 0 Å². The van der Waals surface area contributed by atoms with Crippen LogP contribution in [0.2, 0.25) is 0 Å². The summed E-state index contributed by atoms with van der Waals surface area (Å²) in [6.45, 7) is 1.22. The fourth-order valence-corrected chi connectivity index (χ4v) is 2.51. The molecule has 1 aliphatic heterocycles. The standard InChI is InChI=1S/C15H16N2O2/c18-14-6-5-10-3-1-2-4-12(10)13(14)9-16-11-7-15(19)17-8-11/h1-6,11,16,18H,7-9H2,(H,17,19). The Kier molecular flexibility index (Phi) is 3.09. The van der Waals surface area contributed by atoms with Crippen molar-refractivity contribution in [2.24, 2.45) is 0 Å². The number of fused-ring (bicyclic) bond motifs is 1. The van der Waals surface area contributed by atoms with Gasteiger partial charge in [-0.1, -0.05) is 30.3 Å². The molecular weight excluding hydrogens is 240 g/mol. The minimum Gasteiger partial charge on any atom is -0.508 e. The second-order valence-corrected chi connectivity index (χ2v) is 4.87. The van der Waals surface area contributed by atoms with E-state index in [4.69, 9.17) is 0 Å². The van der Waals surface area contributed by atoms with E-state index < -0.39 is 0 Å². The Balaban J connectivity index is 1.83. The molecule has 0 aliphatic carbocycles. The highest BCUT2D eigenvalue weighted by atomic mass is 16.3. The highest BCUT2D eigenvalue weighted by molar-refractivity contribution is 5.87. The normalized spacial score (nSPS) is 18.7. The summed E-state index contributed by atoms with van der Waals surface area (Å²) in [4.78, 5) is 11.1. The van der Waals surface area contributed by atoms with E-state index in [9.17, 15) is 9.90 Å². The Labute approximate surface area is 111 Å². The lowest BCUT2D eigenvalue weighted by atomic mass is 10.0. The van der Waals surface area contributed by atoms with Crippen molar-refractivity contribution >= 4 is 16.7 Å². The van der Waals surface area contributed by atoms with E-state index in [-0.39, 0.29) is 11.9 Å². The van der Waals surface area contributed by atoms with Crippen molar-refractivity contribution < 1.29 is 9.90 Å². The Morgan fingerprint density at radius 2 is 2.11 bits per heavy atom. The SMILES string of the molecule is O=C1CC(NCc2c(O)ccc3ccccc23)CN1. The predicted octanol–water partition coefficient (Wildman–Crippen LogP) is 1.52. The van der Waals surface area contributed by atoms with Crippen molar-refractivity contribution in [2.75, 3.05) is 6.54 Å². The lowest BCUT2D eigenvalue weighted by molar-refractivity contribution is -0.119. The maximum absolute atomic E-state index is 11.1. The molecule has 1 heterocycles. The van der Waals surface area contributed by atoms with Crippen molar-refractivity contribution in [3.8, 4) is 5.75 Å². The van der Waals surface area contributed by atoms with Crippen LogP contribution in [0.5, 0.6) is 5.75 Å². The van der Waals surface area contributed by atoms with Crippen molar-refractivity contribution in [1.82, 2.24) is 10.6 Å². The van der Waals surface area contributed by atoms with Crippen molar-refractivity contribution in [1.29, 1.82) is 0 Å². The summed E-state index contributed by atoms with van der Waals surface area (Å²) in [7, 11) is 0. The van der Waals surface area contributed by atoms with E-state index in [1.54, 1.807) is 6.07 Å². The smallest absolute Gasteiger partial charge is 0.221 e. The number of nitrogens with one attached hydrogen (secondary N) is 2. The van der Waals surface area contributed by atoms with Crippen LogP contribution in [0.25, 0.3) is 10.8 Å². The summed E-state index contributed by atoms with van der Waals surface area (Å²) in [5.41, 5.74) is 0.887. The lowest BCUT2D eigenvalue weighted by Crippen LogP contribution is -2.30. The summed E-state index contributed by atoms with van der Waals surface area (Å²) < 4.78 is 0. The van der Waals surface area contributed by atoms with Gasteiger partial charge < -0.3 is 15.7 Å². The van der Waals surface area contributed by atoms with Crippen LogP contribution >= 0.6 is 0 Å². The number of carbonyl (C=O) groups excluding carboxylic acids is 1. The van der Waals surface area contributed by atoms with E-state index in [2.05, 4.69) is 10.6 Å². The average molecular weight is 256 g/mol. The Bertz CT molecular complexity index is 625. The number of carbonyl (C=O) groups is 1. The van der Waals surface area contributed by atoms with Gasteiger partial charge in [0.2, 0.25) is 5.91 Å². The molecule has 98 valence electrons. The number of rotatable bonds is 3. The second-order valence-electron chi connectivity index (χ2n) is 4.87. The van der Waals surface area contributed by atoms with Crippen LogP contribution in [0, 0.1) is 0 Å². The Morgan fingerprint density at radius 3 is 2.89 bits per heavy atom. The van der Waals surface area contributed by atoms with Crippen molar-refractivity contribution in [3.05, 3.63) is 42.0 Å². The van der Waals surface area contributed by atoms with Gasteiger partial charge in [0.05, 0.1) is 0 Å². The quantitative estimate of drug-likeness (QED) is 0.780. The van der Waals surface area contributed by atoms with Gasteiger partial charge in [-0.2, -0.15) is 0 Å². The van der Waals surface area contributed by atoms with Gasteiger partial charge in [-0.25, -0.2) is 0 Å². The van der Waals surface area contributed by atoms with Gasteiger partial charge in [-0.3, -0.25) is 4.79 Å². The van der Waals surface area contributed by atoms with Crippen molar-refractivity contribution in [2.45, 2.75) is 19.0 Å². The monoisotopic (exact) mass is 256 g/mol. The molecule has 2 aromatic carbocycles. The number of hydrogen-bond acceptors (Lipinski definition) is 3. The number of benzene rings is 2. The number of hydrogen-bond donors (Lipinski definition) is 3. The van der Waals surface area contributed by atoms with Crippen molar-refractivity contribution in [3.63, 3.8) is 0 Å². The van der Waals surface area contributed by atoms with Gasteiger partial charge in [0, 0.05) is 31.1 Å². The zero-order valence-electron chi connectivity index (χ0n) is 10.5. The molecule has 19 heavy (non-hydrogen) atoms. The molecule has 4 nitrogen and oxygen atoms in total. The zero-order valence-corrected chi connectivity index (χ0v) is 10.5. The number of amides is 1. The van der Waals surface area contributed by atoms with Crippen LogP contribution in [0.1, 0.15) is 12.0 Å². The molecular formula is C15H16N2O2. The van der Waals surface area contributed by atoms with Crippen LogP contribution < -0.4 is 10.6 Å². The number of phenols is 1. The fraction of sp³-hybridized carbons (Fsp3) is 0.267. The largest absolute Gasteiger partial charge is 0.508 e. The molecule has 1 atom stereocenters. The minimum absolute atomic E-state index is 0.0830. The average Bonchev–Trinajstić information content (AvgIpc) is 2.83. The maximum Gasteiger partial charge on any atom is 0.221 e. The minimum atomic E-state index is 0.0830. The highest BCUT2D eigenvalue weighted by Crippen LogP contribution is 2.27. The van der Waals surface area contributed by atoms with Crippen LogP contribution in [-0.2, 0) is 11.3 Å². The summed E-state index contributed by atoms with van der Waals surface area (Å²) >= 11 is 0. The first-order valence-corrected chi connectivity index (χ1v) is 6.44. The molecule has 2 aromatic rings. The summed E-state index contributed by atoms with van der Waals surface area (Å²) in [6, 6.07) is 11.8. The Morgan fingerprint density at radius 1 is 1.26 bits per heavy atom. The van der Waals surface area contributed by atoms with Gasteiger partial charge in [0.1, 0.15) is 5.75 Å². The van der Waals surface area contributed by atoms with E-state index in [1.807, 2.05) is 30.3 Å². The van der Waals surface area contributed by atoms with Gasteiger partial charge in [-0.15, -0.1) is 0 Å². The highest BCUT2D eigenvalue weighted by Gasteiger charge is 2.21. The van der Waals surface area contributed by atoms with Gasteiger partial charge >= 0.3 is 0 Å². The third kappa shape index (κ3) is 2.39. The predicted molar refractivity (Wildman–Crippen MR) is 73.9 cm³/mol. The Hall–Kier alpha value is -2.07. The molecule has 0 bridgehead atoms. The molecule has 0 radical (unpaired) electrons. The second kappa shape index (κ2) is 4.90. The van der Waals surface area contributed by atoms with E-state index in [0.29, 0.717) is 25.3 Å². The first-order chi connectivity index (χ1) is 9.24. The molecule has 4 heteroatoms. The summed E-state index contributed by atoms with van der Waals surface area (Å²) in [6.07, 6.45) is 0.505. The van der Waals surface area contributed by atoms with E-state index in [0.717, 1.165) is 16.3 Å². The number of aromatic hydroxyl groups is 1. The molecule has 3 N–H and O–H groups in total. The van der Waals surface area contributed by atoms with Gasteiger partial charge in [0.15, 0.2) is 0 Å². The molecule has 1 amide bonds. The fourth-order valence-electron chi connectivity index (χ4n) is 2.51. The van der Waals surface area contributed by atoms with Crippen LogP contribution in [-0.4, -0.2) is 23.6 Å². The summed E-state index contributed by atoms with van der Waals surface area (Å²) in [5, 5.41) is 18.3. The van der Waals surface area contributed by atoms with Crippen LogP contribution in [0.3, 0.4) is 0 Å². The topological polar surface area (TPSA) is 61.4 Å². The first kappa shape index (κ1) is 12.0. The molecule has 3 rings (SSSR count). The molecule has 1 fully saturated rings. The van der Waals surface area contributed by atoms with Crippen LogP contribution in [0.4, 0.5) is 0 Å². The van der Waals surface area contributed by atoms with Gasteiger partial charge in [-0.05, 0) is 16.8 Å². The molecule has 0 spiro atoms. The van der Waals surface area contributed by atoms with E-state index in [1.165, 1.54) is 0 Å². The zero-order chi connectivity index (χ0) is 13.2.